The summed E-state index contributed by atoms with van der Waals surface area (Å²) in [6, 6.07) is 6.97. The molecule has 0 aliphatic carbocycles. The number of hydrogen-bond donors (Lipinski definition) is 1. The number of unbranched alkanes of at least 4 members (excludes halogenated alkanes) is 4. The van der Waals surface area contributed by atoms with E-state index in [1.54, 1.807) is 16.8 Å². The van der Waals surface area contributed by atoms with Crippen molar-refractivity contribution in [1.82, 2.24) is 15.0 Å². The number of aromatic hydroxyl groups is 1. The molecule has 0 saturated carbocycles. The Bertz CT molecular complexity index is 490. The van der Waals surface area contributed by atoms with E-state index in [4.69, 9.17) is 0 Å². The van der Waals surface area contributed by atoms with E-state index in [0.717, 1.165) is 17.8 Å². The van der Waals surface area contributed by atoms with E-state index in [1.165, 1.54) is 32.1 Å². The van der Waals surface area contributed by atoms with Gasteiger partial charge in [-0.15, -0.1) is 5.10 Å². The Morgan fingerprint density at radius 2 is 1.79 bits per heavy atom. The van der Waals surface area contributed by atoms with Crippen molar-refractivity contribution in [2.75, 3.05) is 0 Å². The van der Waals surface area contributed by atoms with Crippen LogP contribution in [0.1, 0.15) is 44.7 Å². The fourth-order valence-electron chi connectivity index (χ4n) is 2.05. The van der Waals surface area contributed by atoms with E-state index < -0.39 is 0 Å². The molecule has 0 fully saturated rings. The van der Waals surface area contributed by atoms with Crippen molar-refractivity contribution < 1.29 is 5.11 Å². The van der Waals surface area contributed by atoms with Crippen LogP contribution in [0.25, 0.3) is 5.69 Å². The quantitative estimate of drug-likeness (QED) is 0.774. The molecule has 19 heavy (non-hydrogen) atoms. The summed E-state index contributed by atoms with van der Waals surface area (Å²) in [7, 11) is 0. The zero-order valence-electron chi connectivity index (χ0n) is 11.4. The average Bonchev–Trinajstić information content (AvgIpc) is 2.88. The van der Waals surface area contributed by atoms with Gasteiger partial charge in [-0.05, 0) is 37.1 Å². The van der Waals surface area contributed by atoms with Gasteiger partial charge in [0.1, 0.15) is 5.75 Å². The maximum atomic E-state index is 9.25. The molecule has 1 aromatic carbocycles. The smallest absolute Gasteiger partial charge is 0.115 e. The molecule has 2 rings (SSSR count). The SMILES string of the molecule is CCCCCCCc1cn(-c2ccc(O)cc2)nn1. The summed E-state index contributed by atoms with van der Waals surface area (Å²) in [4.78, 5) is 0. The summed E-state index contributed by atoms with van der Waals surface area (Å²) in [5.41, 5.74) is 1.95. The molecular weight excluding hydrogens is 238 g/mol. The highest BCUT2D eigenvalue weighted by molar-refractivity contribution is 5.35. The molecule has 102 valence electrons. The Morgan fingerprint density at radius 3 is 2.53 bits per heavy atom. The first-order valence-corrected chi connectivity index (χ1v) is 7.00. The second-order valence-electron chi connectivity index (χ2n) is 4.84. The highest BCUT2D eigenvalue weighted by atomic mass is 16.3. The van der Waals surface area contributed by atoms with Crippen LogP contribution >= 0.6 is 0 Å². The second-order valence-corrected chi connectivity index (χ2v) is 4.84. The standard InChI is InChI=1S/C15H21N3O/c1-2-3-4-5-6-7-13-12-18(17-16-13)14-8-10-15(19)11-9-14/h8-12,19H,2-7H2,1H3. The Balaban J connectivity index is 1.86. The van der Waals surface area contributed by atoms with Gasteiger partial charge in [0, 0.05) is 0 Å². The first kappa shape index (κ1) is 13.6. The molecule has 1 aromatic heterocycles. The summed E-state index contributed by atoms with van der Waals surface area (Å²) in [6.07, 6.45) is 9.29. The summed E-state index contributed by atoms with van der Waals surface area (Å²) in [5.74, 6) is 0.264. The van der Waals surface area contributed by atoms with E-state index >= 15 is 0 Å². The van der Waals surface area contributed by atoms with E-state index in [2.05, 4.69) is 17.2 Å². The summed E-state index contributed by atoms with van der Waals surface area (Å²) >= 11 is 0. The Kier molecular flexibility index (Phi) is 4.95. The lowest BCUT2D eigenvalue weighted by molar-refractivity contribution is 0.475. The second kappa shape index (κ2) is 6.92. The Labute approximate surface area is 114 Å². The van der Waals surface area contributed by atoms with Crippen molar-refractivity contribution in [3.8, 4) is 11.4 Å². The van der Waals surface area contributed by atoms with Crippen LogP contribution in [0.5, 0.6) is 5.75 Å². The van der Waals surface area contributed by atoms with Gasteiger partial charge in [-0.2, -0.15) is 0 Å². The molecule has 0 bridgehead atoms. The molecule has 0 atom stereocenters. The van der Waals surface area contributed by atoms with Crippen LogP contribution in [0.3, 0.4) is 0 Å². The molecule has 0 amide bonds. The summed E-state index contributed by atoms with van der Waals surface area (Å²) in [6.45, 7) is 2.23. The van der Waals surface area contributed by atoms with Gasteiger partial charge < -0.3 is 5.11 Å². The van der Waals surface area contributed by atoms with Crippen molar-refractivity contribution in [3.63, 3.8) is 0 Å². The third-order valence-corrected chi connectivity index (χ3v) is 3.19. The number of phenols is 1. The van der Waals surface area contributed by atoms with Gasteiger partial charge in [0.25, 0.3) is 0 Å². The minimum atomic E-state index is 0.264. The number of aromatic nitrogens is 3. The third-order valence-electron chi connectivity index (χ3n) is 3.19. The van der Waals surface area contributed by atoms with Crippen molar-refractivity contribution in [1.29, 1.82) is 0 Å². The van der Waals surface area contributed by atoms with Crippen molar-refractivity contribution in [2.45, 2.75) is 45.4 Å². The van der Waals surface area contributed by atoms with Gasteiger partial charge >= 0.3 is 0 Å². The molecule has 1 N–H and O–H groups in total. The fourth-order valence-corrected chi connectivity index (χ4v) is 2.05. The summed E-state index contributed by atoms with van der Waals surface area (Å²) in [5, 5.41) is 17.5. The fraction of sp³-hybridized carbons (Fsp3) is 0.467. The molecule has 0 aliphatic rings. The lowest BCUT2D eigenvalue weighted by Crippen LogP contribution is -1.93. The molecule has 4 nitrogen and oxygen atoms in total. The predicted octanol–water partition coefficient (Wildman–Crippen LogP) is 3.49. The van der Waals surface area contributed by atoms with E-state index in [0.29, 0.717) is 0 Å². The van der Waals surface area contributed by atoms with Crippen molar-refractivity contribution >= 4 is 0 Å². The van der Waals surface area contributed by atoms with Crippen molar-refractivity contribution in [3.05, 3.63) is 36.2 Å². The molecular formula is C15H21N3O. The van der Waals surface area contributed by atoms with Gasteiger partial charge in [0.15, 0.2) is 0 Å². The monoisotopic (exact) mass is 259 g/mol. The number of phenolic OH excluding ortho intramolecular Hbond substituents is 1. The van der Waals surface area contributed by atoms with Gasteiger partial charge in [0.05, 0.1) is 17.6 Å². The van der Waals surface area contributed by atoms with Gasteiger partial charge in [0.2, 0.25) is 0 Å². The molecule has 0 unspecified atom stereocenters. The lowest BCUT2D eigenvalue weighted by Gasteiger charge is -1.99. The molecule has 0 spiro atoms. The number of nitrogens with zero attached hydrogens (tertiary/aromatic N) is 3. The van der Waals surface area contributed by atoms with Gasteiger partial charge in [-0.1, -0.05) is 37.8 Å². The average molecular weight is 259 g/mol. The number of hydrogen-bond acceptors (Lipinski definition) is 3. The molecule has 0 aliphatic heterocycles. The predicted molar refractivity (Wildman–Crippen MR) is 75.5 cm³/mol. The normalized spacial score (nSPS) is 10.8. The molecule has 1 heterocycles. The molecule has 2 aromatic rings. The largest absolute Gasteiger partial charge is 0.508 e. The third kappa shape index (κ3) is 4.09. The summed E-state index contributed by atoms with van der Waals surface area (Å²) < 4.78 is 1.75. The lowest BCUT2D eigenvalue weighted by atomic mass is 10.1. The van der Waals surface area contributed by atoms with E-state index in [9.17, 15) is 5.11 Å². The zero-order valence-corrected chi connectivity index (χ0v) is 11.4. The van der Waals surface area contributed by atoms with Crippen LogP contribution in [0, 0.1) is 0 Å². The highest BCUT2D eigenvalue weighted by Gasteiger charge is 2.02. The topological polar surface area (TPSA) is 50.9 Å². The minimum Gasteiger partial charge on any atom is -0.508 e. The van der Waals surface area contributed by atoms with Crippen molar-refractivity contribution in [2.24, 2.45) is 0 Å². The van der Waals surface area contributed by atoms with E-state index in [-0.39, 0.29) is 5.75 Å². The van der Waals surface area contributed by atoms with Gasteiger partial charge in [-0.3, -0.25) is 0 Å². The molecule has 0 saturated heterocycles. The van der Waals surface area contributed by atoms with Crippen LogP contribution in [0.15, 0.2) is 30.5 Å². The van der Waals surface area contributed by atoms with Crippen LogP contribution in [0.2, 0.25) is 0 Å². The number of rotatable bonds is 7. The molecule has 4 heteroatoms. The number of aryl methyl sites for hydroxylation is 1. The molecule has 0 radical (unpaired) electrons. The Hall–Kier alpha value is -1.84. The Morgan fingerprint density at radius 1 is 1.05 bits per heavy atom. The van der Waals surface area contributed by atoms with Crippen LogP contribution in [0.4, 0.5) is 0 Å². The van der Waals surface area contributed by atoms with Gasteiger partial charge in [-0.25, -0.2) is 4.68 Å². The van der Waals surface area contributed by atoms with Crippen LogP contribution in [-0.2, 0) is 6.42 Å². The zero-order chi connectivity index (χ0) is 13.5. The first-order valence-electron chi connectivity index (χ1n) is 7.00. The maximum Gasteiger partial charge on any atom is 0.115 e. The maximum absolute atomic E-state index is 9.25. The number of benzene rings is 1. The van der Waals surface area contributed by atoms with Crippen LogP contribution < -0.4 is 0 Å². The first-order chi connectivity index (χ1) is 9.29. The van der Waals surface area contributed by atoms with E-state index in [1.807, 2.05) is 18.3 Å². The minimum absolute atomic E-state index is 0.264. The highest BCUT2D eigenvalue weighted by Crippen LogP contribution is 2.13. The van der Waals surface area contributed by atoms with Crippen LogP contribution in [-0.4, -0.2) is 20.1 Å².